The smallest absolute Gasteiger partial charge is 0.0594 e. The Bertz CT molecular complexity index is 118. The fourth-order valence-corrected chi connectivity index (χ4v) is 1.36. The highest BCUT2D eigenvalue weighted by Gasteiger charge is 2.11. The normalized spacial score (nSPS) is 22.5. The minimum absolute atomic E-state index is 0.132. The van der Waals surface area contributed by atoms with Gasteiger partial charge in [0.25, 0.3) is 0 Å². The van der Waals surface area contributed by atoms with Crippen molar-refractivity contribution in [3.8, 4) is 0 Å². The van der Waals surface area contributed by atoms with Crippen molar-refractivity contribution in [2.75, 3.05) is 39.4 Å². The third-order valence-corrected chi connectivity index (χ3v) is 2.51. The van der Waals surface area contributed by atoms with E-state index in [0.29, 0.717) is 6.54 Å². The van der Waals surface area contributed by atoms with Crippen LogP contribution in [0.25, 0.3) is 0 Å². The molecule has 0 aliphatic carbocycles. The van der Waals surface area contributed by atoms with Crippen LogP contribution in [0.1, 0.15) is 6.42 Å². The van der Waals surface area contributed by atoms with Crippen molar-refractivity contribution in [1.29, 1.82) is 0 Å². The average molecular weight is 193 g/mol. The van der Waals surface area contributed by atoms with Crippen LogP contribution in [0.15, 0.2) is 0 Å². The molecule has 0 aromatic rings. The lowest BCUT2D eigenvalue weighted by atomic mass is 10.2. The quantitative estimate of drug-likeness (QED) is 0.651. The highest BCUT2D eigenvalue weighted by molar-refractivity contribution is 6.20. The summed E-state index contributed by atoms with van der Waals surface area (Å²) in [5.74, 6) is 0. The van der Waals surface area contributed by atoms with Gasteiger partial charge in [0, 0.05) is 25.0 Å². The third kappa shape index (κ3) is 3.72. The first-order valence-corrected chi connectivity index (χ1v) is 4.91. The van der Waals surface area contributed by atoms with Crippen molar-refractivity contribution in [1.82, 2.24) is 4.90 Å². The Kier molecular flexibility index (Phi) is 4.92. The van der Waals surface area contributed by atoms with Crippen LogP contribution in [0.4, 0.5) is 0 Å². The monoisotopic (exact) mass is 192 g/mol. The Morgan fingerprint density at radius 2 is 2.08 bits per heavy atom. The van der Waals surface area contributed by atoms with Gasteiger partial charge in [-0.05, 0) is 13.0 Å². The molecular formula is C8H17ClN2O. The lowest BCUT2D eigenvalue weighted by Gasteiger charge is -2.26. The van der Waals surface area contributed by atoms with Gasteiger partial charge >= 0.3 is 0 Å². The van der Waals surface area contributed by atoms with Gasteiger partial charge in [-0.15, -0.1) is 11.6 Å². The van der Waals surface area contributed by atoms with E-state index in [1.165, 1.54) is 0 Å². The van der Waals surface area contributed by atoms with E-state index in [9.17, 15) is 0 Å². The predicted octanol–water partition coefficient (Wildman–Crippen LogP) is 0.275. The molecule has 0 amide bonds. The Morgan fingerprint density at radius 1 is 1.42 bits per heavy atom. The van der Waals surface area contributed by atoms with E-state index in [2.05, 4.69) is 4.90 Å². The molecule has 3 nitrogen and oxygen atoms in total. The van der Waals surface area contributed by atoms with E-state index in [1.54, 1.807) is 0 Å². The van der Waals surface area contributed by atoms with Crippen LogP contribution >= 0.6 is 11.6 Å². The second kappa shape index (κ2) is 5.75. The number of halogens is 1. The maximum Gasteiger partial charge on any atom is 0.0594 e. The minimum atomic E-state index is 0.132. The molecule has 1 aliphatic rings. The van der Waals surface area contributed by atoms with Crippen LogP contribution < -0.4 is 5.73 Å². The molecule has 0 radical (unpaired) electrons. The summed E-state index contributed by atoms with van der Waals surface area (Å²) in [6.45, 7) is 5.41. The highest BCUT2D eigenvalue weighted by atomic mass is 35.5. The standard InChI is InChI=1S/C8H17ClN2O/c9-8(7-10)1-2-11-3-5-12-6-4-11/h8H,1-7,10H2. The van der Waals surface area contributed by atoms with Crippen molar-refractivity contribution in [3.63, 3.8) is 0 Å². The Hall–Kier alpha value is 0.170. The van der Waals surface area contributed by atoms with Crippen molar-refractivity contribution < 1.29 is 4.74 Å². The summed E-state index contributed by atoms with van der Waals surface area (Å²) < 4.78 is 5.23. The van der Waals surface area contributed by atoms with Gasteiger partial charge in [-0.3, -0.25) is 4.90 Å². The molecule has 0 aromatic carbocycles. The van der Waals surface area contributed by atoms with E-state index in [4.69, 9.17) is 22.1 Å². The topological polar surface area (TPSA) is 38.5 Å². The molecule has 0 bridgehead atoms. The fraction of sp³-hybridized carbons (Fsp3) is 1.00. The molecule has 1 fully saturated rings. The summed E-state index contributed by atoms with van der Waals surface area (Å²) in [6, 6.07) is 0. The summed E-state index contributed by atoms with van der Waals surface area (Å²) in [6.07, 6.45) is 0.984. The molecule has 2 N–H and O–H groups in total. The van der Waals surface area contributed by atoms with Crippen LogP contribution in [-0.2, 0) is 4.74 Å². The van der Waals surface area contributed by atoms with Gasteiger partial charge < -0.3 is 10.5 Å². The molecule has 4 heteroatoms. The Balaban J connectivity index is 2.05. The number of nitrogens with two attached hydrogens (primary N) is 1. The zero-order chi connectivity index (χ0) is 8.81. The number of hydrogen-bond acceptors (Lipinski definition) is 3. The van der Waals surface area contributed by atoms with Gasteiger partial charge in [-0.25, -0.2) is 0 Å². The van der Waals surface area contributed by atoms with Crippen LogP contribution in [-0.4, -0.2) is 49.7 Å². The lowest BCUT2D eigenvalue weighted by Crippen LogP contribution is -2.38. The van der Waals surface area contributed by atoms with Crippen LogP contribution in [0.3, 0.4) is 0 Å². The van der Waals surface area contributed by atoms with E-state index in [1.807, 2.05) is 0 Å². The van der Waals surface area contributed by atoms with Gasteiger partial charge in [-0.1, -0.05) is 0 Å². The summed E-state index contributed by atoms with van der Waals surface area (Å²) in [4.78, 5) is 2.37. The fourth-order valence-electron chi connectivity index (χ4n) is 1.27. The second-order valence-electron chi connectivity index (χ2n) is 3.08. The predicted molar refractivity (Wildman–Crippen MR) is 50.6 cm³/mol. The van der Waals surface area contributed by atoms with Gasteiger partial charge in [0.05, 0.1) is 13.2 Å². The largest absolute Gasteiger partial charge is 0.379 e. The van der Waals surface area contributed by atoms with Crippen LogP contribution in [0.5, 0.6) is 0 Å². The van der Waals surface area contributed by atoms with Crippen molar-refractivity contribution in [2.45, 2.75) is 11.8 Å². The van der Waals surface area contributed by atoms with Gasteiger partial charge in [0.15, 0.2) is 0 Å². The zero-order valence-electron chi connectivity index (χ0n) is 7.34. The van der Waals surface area contributed by atoms with E-state index >= 15 is 0 Å². The van der Waals surface area contributed by atoms with Crippen molar-refractivity contribution in [2.24, 2.45) is 5.73 Å². The lowest BCUT2D eigenvalue weighted by molar-refractivity contribution is 0.0374. The van der Waals surface area contributed by atoms with Gasteiger partial charge in [-0.2, -0.15) is 0 Å². The van der Waals surface area contributed by atoms with E-state index in [-0.39, 0.29) is 5.38 Å². The molecule has 1 heterocycles. The average Bonchev–Trinajstić information content (AvgIpc) is 2.16. The number of alkyl halides is 1. The molecule has 0 saturated carbocycles. The van der Waals surface area contributed by atoms with Gasteiger partial charge in [0.1, 0.15) is 0 Å². The summed E-state index contributed by atoms with van der Waals surface area (Å²) in [5.41, 5.74) is 5.41. The third-order valence-electron chi connectivity index (χ3n) is 2.12. The summed E-state index contributed by atoms with van der Waals surface area (Å²) >= 11 is 5.90. The minimum Gasteiger partial charge on any atom is -0.379 e. The Labute approximate surface area is 78.8 Å². The highest BCUT2D eigenvalue weighted by Crippen LogP contribution is 2.03. The molecule has 0 aromatic heterocycles. The maximum atomic E-state index is 5.90. The molecular weight excluding hydrogens is 176 g/mol. The number of hydrogen-bond donors (Lipinski definition) is 1. The van der Waals surface area contributed by atoms with Crippen LogP contribution in [0.2, 0.25) is 0 Å². The summed E-state index contributed by atoms with van der Waals surface area (Å²) in [7, 11) is 0. The first-order valence-electron chi connectivity index (χ1n) is 4.47. The number of morpholine rings is 1. The van der Waals surface area contributed by atoms with Crippen LogP contribution in [0, 0.1) is 0 Å². The second-order valence-corrected chi connectivity index (χ2v) is 3.69. The molecule has 1 unspecified atom stereocenters. The molecule has 1 saturated heterocycles. The molecule has 0 spiro atoms. The number of rotatable bonds is 4. The molecule has 1 rings (SSSR count). The SMILES string of the molecule is NCC(Cl)CCN1CCOCC1. The number of nitrogens with zero attached hydrogens (tertiary/aromatic N) is 1. The zero-order valence-corrected chi connectivity index (χ0v) is 8.09. The first kappa shape index (κ1) is 10.3. The molecule has 1 aliphatic heterocycles. The maximum absolute atomic E-state index is 5.90. The van der Waals surface area contributed by atoms with Gasteiger partial charge in [0.2, 0.25) is 0 Å². The molecule has 72 valence electrons. The van der Waals surface area contributed by atoms with E-state index < -0.39 is 0 Å². The Morgan fingerprint density at radius 3 is 2.67 bits per heavy atom. The molecule has 12 heavy (non-hydrogen) atoms. The number of ether oxygens (including phenoxy) is 1. The summed E-state index contributed by atoms with van der Waals surface area (Å²) in [5, 5.41) is 0.132. The first-order chi connectivity index (χ1) is 5.83. The van der Waals surface area contributed by atoms with E-state index in [0.717, 1.165) is 39.3 Å². The molecule has 1 atom stereocenters. The van der Waals surface area contributed by atoms with Crippen molar-refractivity contribution in [3.05, 3.63) is 0 Å². The van der Waals surface area contributed by atoms with Crippen molar-refractivity contribution >= 4 is 11.6 Å².